The van der Waals surface area contributed by atoms with E-state index in [1.165, 1.54) is 36.8 Å². The van der Waals surface area contributed by atoms with Crippen LogP contribution in [0.5, 0.6) is 0 Å². The summed E-state index contributed by atoms with van der Waals surface area (Å²) in [5, 5.41) is 0. The van der Waals surface area contributed by atoms with E-state index in [1.807, 2.05) is 4.90 Å². The summed E-state index contributed by atoms with van der Waals surface area (Å²) in [6, 6.07) is 9.37. The van der Waals surface area contributed by atoms with Gasteiger partial charge in [-0.2, -0.15) is 0 Å². The van der Waals surface area contributed by atoms with E-state index in [0.29, 0.717) is 19.1 Å². The minimum Gasteiger partial charge on any atom is -0.383 e. The van der Waals surface area contributed by atoms with Crippen LogP contribution >= 0.6 is 0 Å². The van der Waals surface area contributed by atoms with Gasteiger partial charge in [0.25, 0.3) is 0 Å². The van der Waals surface area contributed by atoms with Crippen molar-refractivity contribution in [3.05, 3.63) is 35.4 Å². The fourth-order valence-electron chi connectivity index (χ4n) is 6.09. The van der Waals surface area contributed by atoms with Crippen molar-refractivity contribution in [2.75, 3.05) is 33.4 Å². The summed E-state index contributed by atoms with van der Waals surface area (Å²) in [6.45, 7) is 8.87. The van der Waals surface area contributed by atoms with Gasteiger partial charge in [-0.3, -0.25) is 4.79 Å². The van der Waals surface area contributed by atoms with Crippen LogP contribution < -0.4 is 0 Å². The maximum Gasteiger partial charge on any atom is 0.233 e. The van der Waals surface area contributed by atoms with Crippen LogP contribution in [0, 0.1) is 11.8 Å². The normalized spacial score (nSPS) is 27.4. The topological polar surface area (TPSA) is 32.8 Å². The molecule has 4 heteroatoms. The number of benzene rings is 1. The number of fused-ring (bicyclic) bond motifs is 2. The first-order valence-corrected chi connectivity index (χ1v) is 11.7. The number of carbonyl (C=O) groups is 1. The third kappa shape index (κ3) is 3.98. The number of hydrogen-bond acceptors (Lipinski definition) is 3. The Kier molecular flexibility index (Phi) is 6.31. The number of nitrogens with zero attached hydrogens (tertiary/aromatic N) is 2. The van der Waals surface area contributed by atoms with Crippen LogP contribution in [0.3, 0.4) is 0 Å². The van der Waals surface area contributed by atoms with Crippen LogP contribution in [0.25, 0.3) is 0 Å². The van der Waals surface area contributed by atoms with Crippen LogP contribution in [-0.2, 0) is 21.5 Å². The lowest BCUT2D eigenvalue weighted by Gasteiger charge is -2.49. The molecule has 0 N–H and O–H groups in total. The van der Waals surface area contributed by atoms with Gasteiger partial charge >= 0.3 is 0 Å². The minimum atomic E-state index is -0.325. The molecule has 0 aromatic heterocycles. The molecule has 1 saturated heterocycles. The van der Waals surface area contributed by atoms with Crippen molar-refractivity contribution in [2.45, 2.75) is 70.4 Å². The number of amides is 1. The number of methoxy groups -OCH3 is 1. The van der Waals surface area contributed by atoms with Gasteiger partial charge in [-0.15, -0.1) is 0 Å². The van der Waals surface area contributed by atoms with Crippen LogP contribution in [0.15, 0.2) is 24.3 Å². The second-order valence-corrected chi connectivity index (χ2v) is 9.81. The molecule has 160 valence electrons. The lowest BCUT2D eigenvalue weighted by Crippen LogP contribution is -2.57. The zero-order valence-corrected chi connectivity index (χ0v) is 18.5. The smallest absolute Gasteiger partial charge is 0.233 e. The monoisotopic (exact) mass is 398 g/mol. The quantitative estimate of drug-likeness (QED) is 0.744. The first-order chi connectivity index (χ1) is 14.0. The number of hydrogen-bond donors (Lipinski definition) is 0. The van der Waals surface area contributed by atoms with Gasteiger partial charge in [0, 0.05) is 26.2 Å². The van der Waals surface area contributed by atoms with E-state index < -0.39 is 0 Å². The first-order valence-electron chi connectivity index (χ1n) is 11.7. The molecular formula is C25H38N2O2. The molecule has 4 rings (SSSR count). The summed E-state index contributed by atoms with van der Waals surface area (Å²) >= 11 is 0. The van der Waals surface area contributed by atoms with Crippen LogP contribution in [0.1, 0.15) is 63.5 Å². The standard InChI is InChI=1S/C25H38N2O2/c1-19(2)20-8-10-22(11-9-20)26-14-12-25(13-15-26)23-7-5-4-6-21(23)18-27(24(25)28)16-17-29-3/h4-7,19-20,22H,8-18H2,1-3H3/t20-,22+. The van der Waals surface area contributed by atoms with E-state index in [0.717, 1.165) is 50.4 Å². The van der Waals surface area contributed by atoms with Gasteiger partial charge in [0.1, 0.15) is 0 Å². The summed E-state index contributed by atoms with van der Waals surface area (Å²) in [5.74, 6) is 2.05. The molecule has 2 aliphatic heterocycles. The van der Waals surface area contributed by atoms with Gasteiger partial charge in [0.05, 0.1) is 12.0 Å². The number of carbonyl (C=O) groups excluding carboxylic acids is 1. The maximum absolute atomic E-state index is 13.6. The molecule has 1 aromatic rings. The Hall–Kier alpha value is -1.39. The van der Waals surface area contributed by atoms with E-state index in [1.54, 1.807) is 7.11 Å². The van der Waals surface area contributed by atoms with E-state index >= 15 is 0 Å². The SMILES string of the molecule is COCCN1Cc2ccccc2C2(CCN([C@H]3CC[C@@H](C(C)C)CC3)CC2)C1=O. The fourth-order valence-corrected chi connectivity index (χ4v) is 6.09. The van der Waals surface area contributed by atoms with E-state index in [2.05, 4.69) is 43.0 Å². The predicted molar refractivity (Wildman–Crippen MR) is 117 cm³/mol. The summed E-state index contributed by atoms with van der Waals surface area (Å²) in [6.07, 6.45) is 7.32. The molecular weight excluding hydrogens is 360 g/mol. The Morgan fingerprint density at radius 2 is 1.79 bits per heavy atom. The molecule has 0 unspecified atom stereocenters. The average Bonchev–Trinajstić information content (AvgIpc) is 2.76. The summed E-state index contributed by atoms with van der Waals surface area (Å²) in [4.78, 5) is 18.4. The molecule has 1 aromatic carbocycles. The van der Waals surface area contributed by atoms with Gasteiger partial charge in [0.2, 0.25) is 5.91 Å². The van der Waals surface area contributed by atoms with Gasteiger partial charge < -0.3 is 14.5 Å². The minimum absolute atomic E-state index is 0.325. The van der Waals surface area contributed by atoms with Gasteiger partial charge in [-0.25, -0.2) is 0 Å². The van der Waals surface area contributed by atoms with Gasteiger partial charge in [-0.05, 0) is 74.6 Å². The van der Waals surface area contributed by atoms with Crippen molar-refractivity contribution in [1.82, 2.24) is 9.80 Å². The number of ether oxygens (including phenoxy) is 1. The average molecular weight is 399 g/mol. The maximum atomic E-state index is 13.6. The Morgan fingerprint density at radius 1 is 1.10 bits per heavy atom. The zero-order valence-electron chi connectivity index (χ0n) is 18.5. The second-order valence-electron chi connectivity index (χ2n) is 9.81. The molecule has 29 heavy (non-hydrogen) atoms. The van der Waals surface area contributed by atoms with Gasteiger partial charge in [-0.1, -0.05) is 38.1 Å². The largest absolute Gasteiger partial charge is 0.383 e. The number of rotatable bonds is 5. The van der Waals surface area contributed by atoms with Gasteiger partial charge in [0.15, 0.2) is 0 Å². The van der Waals surface area contributed by atoms with Crippen molar-refractivity contribution in [3.63, 3.8) is 0 Å². The highest BCUT2D eigenvalue weighted by molar-refractivity contribution is 5.90. The Labute approximate surface area is 176 Å². The molecule has 1 amide bonds. The zero-order chi connectivity index (χ0) is 20.4. The summed E-state index contributed by atoms with van der Waals surface area (Å²) in [7, 11) is 1.71. The second kappa shape index (κ2) is 8.77. The molecule has 3 aliphatic rings. The third-order valence-electron chi connectivity index (χ3n) is 8.01. The van der Waals surface area contributed by atoms with Crippen LogP contribution in [0.2, 0.25) is 0 Å². The lowest BCUT2D eigenvalue weighted by molar-refractivity contribution is -0.142. The van der Waals surface area contributed by atoms with Crippen LogP contribution in [0.4, 0.5) is 0 Å². The highest BCUT2D eigenvalue weighted by Gasteiger charge is 2.49. The van der Waals surface area contributed by atoms with Crippen molar-refractivity contribution < 1.29 is 9.53 Å². The highest BCUT2D eigenvalue weighted by atomic mass is 16.5. The Bertz CT molecular complexity index is 701. The predicted octanol–water partition coefficient (Wildman–Crippen LogP) is 4.22. The molecule has 1 aliphatic carbocycles. The molecule has 2 heterocycles. The van der Waals surface area contributed by atoms with Crippen molar-refractivity contribution in [1.29, 1.82) is 0 Å². The first kappa shape index (κ1) is 20.9. The lowest BCUT2D eigenvalue weighted by atomic mass is 9.67. The highest BCUT2D eigenvalue weighted by Crippen LogP contribution is 2.44. The third-order valence-corrected chi connectivity index (χ3v) is 8.01. The Morgan fingerprint density at radius 3 is 2.45 bits per heavy atom. The summed E-state index contributed by atoms with van der Waals surface area (Å²) in [5.41, 5.74) is 2.30. The van der Waals surface area contributed by atoms with Crippen molar-refractivity contribution >= 4 is 5.91 Å². The molecule has 0 radical (unpaired) electrons. The van der Waals surface area contributed by atoms with Crippen LogP contribution in [-0.4, -0.2) is 55.1 Å². The van der Waals surface area contributed by atoms with E-state index in [-0.39, 0.29) is 5.41 Å². The molecule has 0 bridgehead atoms. The molecule has 4 nitrogen and oxygen atoms in total. The van der Waals surface area contributed by atoms with Crippen molar-refractivity contribution in [2.24, 2.45) is 11.8 Å². The molecule has 1 saturated carbocycles. The molecule has 1 spiro atoms. The number of piperidine rings is 1. The molecule has 0 atom stereocenters. The van der Waals surface area contributed by atoms with Crippen molar-refractivity contribution in [3.8, 4) is 0 Å². The fraction of sp³-hybridized carbons (Fsp3) is 0.720. The molecule has 2 fully saturated rings. The Balaban J connectivity index is 1.48. The number of likely N-dealkylation sites (tertiary alicyclic amines) is 1. The summed E-state index contributed by atoms with van der Waals surface area (Å²) < 4.78 is 5.28. The van der Waals surface area contributed by atoms with E-state index in [4.69, 9.17) is 4.74 Å². The van der Waals surface area contributed by atoms with E-state index in [9.17, 15) is 4.79 Å².